The minimum Gasteiger partial charge on any atom is -0.383 e. The van der Waals surface area contributed by atoms with Gasteiger partial charge in [-0.1, -0.05) is 26.7 Å². The molecule has 0 aliphatic rings. The first-order chi connectivity index (χ1) is 6.87. The van der Waals surface area contributed by atoms with Crippen LogP contribution >= 0.6 is 0 Å². The minimum atomic E-state index is 0.0893. The summed E-state index contributed by atoms with van der Waals surface area (Å²) in [7, 11) is 1.76. The summed E-state index contributed by atoms with van der Waals surface area (Å²) in [5.41, 5.74) is 0.0893. The van der Waals surface area contributed by atoms with E-state index >= 15 is 0 Å². The Kier molecular flexibility index (Phi) is 7.20. The summed E-state index contributed by atoms with van der Waals surface area (Å²) in [5.74, 6) is 0.823. The van der Waals surface area contributed by atoms with Crippen molar-refractivity contribution in [1.82, 2.24) is 5.32 Å². The van der Waals surface area contributed by atoms with E-state index in [0.717, 1.165) is 12.5 Å². The third-order valence-corrected chi connectivity index (χ3v) is 2.56. The molecule has 0 aromatic carbocycles. The zero-order chi connectivity index (χ0) is 11.9. The van der Waals surface area contributed by atoms with Gasteiger partial charge in [-0.15, -0.1) is 0 Å². The summed E-state index contributed by atoms with van der Waals surface area (Å²) in [6.45, 7) is 12.0. The number of ether oxygens (including phenoxy) is 1. The summed E-state index contributed by atoms with van der Waals surface area (Å²) >= 11 is 0. The van der Waals surface area contributed by atoms with Gasteiger partial charge in [0, 0.05) is 18.7 Å². The van der Waals surface area contributed by atoms with Crippen LogP contribution < -0.4 is 5.32 Å². The molecule has 0 heterocycles. The zero-order valence-corrected chi connectivity index (χ0v) is 11.4. The quantitative estimate of drug-likeness (QED) is 0.671. The molecule has 1 atom stereocenters. The van der Waals surface area contributed by atoms with Crippen molar-refractivity contribution in [1.29, 1.82) is 0 Å². The van der Waals surface area contributed by atoms with Gasteiger partial charge in [0.2, 0.25) is 0 Å². The van der Waals surface area contributed by atoms with Crippen molar-refractivity contribution in [2.75, 3.05) is 13.7 Å². The first kappa shape index (κ1) is 14.9. The van der Waals surface area contributed by atoms with E-state index in [1.54, 1.807) is 7.11 Å². The molecule has 15 heavy (non-hydrogen) atoms. The van der Waals surface area contributed by atoms with Crippen molar-refractivity contribution < 1.29 is 4.74 Å². The van der Waals surface area contributed by atoms with Crippen LogP contribution in [0.15, 0.2) is 0 Å². The lowest BCUT2D eigenvalue weighted by atomic mass is 10.0. The van der Waals surface area contributed by atoms with Gasteiger partial charge in [0.05, 0.1) is 6.61 Å². The Morgan fingerprint density at radius 1 is 1.13 bits per heavy atom. The molecule has 0 rings (SSSR count). The predicted molar refractivity (Wildman–Crippen MR) is 67.2 cm³/mol. The first-order valence-electron chi connectivity index (χ1n) is 6.14. The van der Waals surface area contributed by atoms with Gasteiger partial charge in [0.15, 0.2) is 0 Å². The maximum Gasteiger partial charge on any atom is 0.0639 e. The van der Waals surface area contributed by atoms with Crippen LogP contribution in [0.1, 0.15) is 53.9 Å². The van der Waals surface area contributed by atoms with Crippen LogP contribution in [0.25, 0.3) is 0 Å². The normalized spacial score (nSPS) is 14.6. The summed E-state index contributed by atoms with van der Waals surface area (Å²) in [5, 5.41) is 3.61. The summed E-state index contributed by atoms with van der Waals surface area (Å²) in [6.07, 6.45) is 3.90. The second-order valence-electron chi connectivity index (χ2n) is 5.69. The molecular formula is C13H29NO. The van der Waals surface area contributed by atoms with E-state index in [0.29, 0.717) is 6.04 Å². The Morgan fingerprint density at radius 3 is 2.20 bits per heavy atom. The van der Waals surface area contributed by atoms with Crippen molar-refractivity contribution in [3.63, 3.8) is 0 Å². The van der Waals surface area contributed by atoms with Crippen LogP contribution in [-0.2, 0) is 4.74 Å². The Balaban J connectivity index is 3.67. The lowest BCUT2D eigenvalue weighted by Crippen LogP contribution is -2.47. The number of nitrogens with one attached hydrogen (secondary N) is 1. The number of rotatable bonds is 8. The zero-order valence-electron chi connectivity index (χ0n) is 11.4. The molecule has 0 aromatic rings. The maximum atomic E-state index is 5.19. The standard InChI is InChI=1S/C13H29NO/c1-11(2)8-7-9-12(3)14-13(4,5)10-15-6/h11-12,14H,7-10H2,1-6H3. The van der Waals surface area contributed by atoms with Gasteiger partial charge >= 0.3 is 0 Å². The monoisotopic (exact) mass is 215 g/mol. The molecule has 0 saturated heterocycles. The molecule has 2 heteroatoms. The molecule has 92 valence electrons. The smallest absolute Gasteiger partial charge is 0.0639 e. The van der Waals surface area contributed by atoms with Crippen LogP contribution in [0.2, 0.25) is 0 Å². The minimum absolute atomic E-state index is 0.0893. The Labute approximate surface area is 95.8 Å². The van der Waals surface area contributed by atoms with Crippen LogP contribution in [0, 0.1) is 5.92 Å². The second-order valence-corrected chi connectivity index (χ2v) is 5.69. The van der Waals surface area contributed by atoms with Crippen LogP contribution in [0.3, 0.4) is 0 Å². The van der Waals surface area contributed by atoms with Crippen molar-refractivity contribution in [3.05, 3.63) is 0 Å². The second kappa shape index (κ2) is 7.24. The lowest BCUT2D eigenvalue weighted by Gasteiger charge is -2.29. The number of hydrogen-bond donors (Lipinski definition) is 1. The summed E-state index contributed by atoms with van der Waals surface area (Å²) in [4.78, 5) is 0. The molecule has 0 aromatic heterocycles. The highest BCUT2D eigenvalue weighted by atomic mass is 16.5. The van der Waals surface area contributed by atoms with Gasteiger partial charge in [-0.2, -0.15) is 0 Å². The van der Waals surface area contributed by atoms with Crippen LogP contribution in [-0.4, -0.2) is 25.3 Å². The largest absolute Gasteiger partial charge is 0.383 e. The molecule has 1 N–H and O–H groups in total. The molecule has 0 bridgehead atoms. The fraction of sp³-hybridized carbons (Fsp3) is 1.00. The Hall–Kier alpha value is -0.0800. The van der Waals surface area contributed by atoms with E-state index in [9.17, 15) is 0 Å². The van der Waals surface area contributed by atoms with Gasteiger partial charge in [-0.25, -0.2) is 0 Å². The topological polar surface area (TPSA) is 21.3 Å². The molecule has 0 aliphatic heterocycles. The van der Waals surface area contributed by atoms with E-state index in [1.165, 1.54) is 19.3 Å². The van der Waals surface area contributed by atoms with Gasteiger partial charge in [0.1, 0.15) is 0 Å². The molecule has 1 unspecified atom stereocenters. The van der Waals surface area contributed by atoms with Crippen molar-refractivity contribution >= 4 is 0 Å². The van der Waals surface area contributed by atoms with Crippen molar-refractivity contribution in [2.45, 2.75) is 65.5 Å². The molecule has 0 radical (unpaired) electrons. The third-order valence-electron chi connectivity index (χ3n) is 2.56. The molecule has 2 nitrogen and oxygen atoms in total. The number of hydrogen-bond acceptors (Lipinski definition) is 2. The summed E-state index contributed by atoms with van der Waals surface area (Å²) < 4.78 is 5.19. The molecule has 0 aliphatic carbocycles. The van der Waals surface area contributed by atoms with E-state index in [2.05, 4.69) is 39.9 Å². The van der Waals surface area contributed by atoms with Crippen LogP contribution in [0.4, 0.5) is 0 Å². The molecule has 0 saturated carbocycles. The van der Waals surface area contributed by atoms with E-state index in [4.69, 9.17) is 4.74 Å². The molecule has 0 amide bonds. The van der Waals surface area contributed by atoms with Gasteiger partial charge in [-0.05, 0) is 33.1 Å². The van der Waals surface area contributed by atoms with Gasteiger partial charge < -0.3 is 10.1 Å². The Morgan fingerprint density at radius 2 is 1.73 bits per heavy atom. The maximum absolute atomic E-state index is 5.19. The highest BCUT2D eigenvalue weighted by Crippen LogP contribution is 2.11. The average Bonchev–Trinajstić information content (AvgIpc) is 2.01. The molecule has 0 fully saturated rings. The Bertz CT molecular complexity index is 155. The molecule has 0 spiro atoms. The van der Waals surface area contributed by atoms with Crippen molar-refractivity contribution in [2.24, 2.45) is 5.92 Å². The van der Waals surface area contributed by atoms with E-state index < -0.39 is 0 Å². The highest BCUT2D eigenvalue weighted by molar-refractivity contribution is 4.80. The fourth-order valence-electron chi connectivity index (χ4n) is 1.97. The summed E-state index contributed by atoms with van der Waals surface area (Å²) in [6, 6.07) is 0.578. The highest BCUT2D eigenvalue weighted by Gasteiger charge is 2.19. The average molecular weight is 215 g/mol. The fourth-order valence-corrected chi connectivity index (χ4v) is 1.97. The predicted octanol–water partition coefficient (Wildman–Crippen LogP) is 3.22. The van der Waals surface area contributed by atoms with E-state index in [1.807, 2.05) is 0 Å². The van der Waals surface area contributed by atoms with Gasteiger partial charge in [0.25, 0.3) is 0 Å². The lowest BCUT2D eigenvalue weighted by molar-refractivity contribution is 0.120. The van der Waals surface area contributed by atoms with E-state index in [-0.39, 0.29) is 5.54 Å². The number of methoxy groups -OCH3 is 1. The van der Waals surface area contributed by atoms with Crippen LogP contribution in [0.5, 0.6) is 0 Å². The van der Waals surface area contributed by atoms with Gasteiger partial charge in [-0.3, -0.25) is 0 Å². The third kappa shape index (κ3) is 8.88. The first-order valence-corrected chi connectivity index (χ1v) is 6.14. The SMILES string of the molecule is COCC(C)(C)NC(C)CCCC(C)C. The van der Waals surface area contributed by atoms with Crippen molar-refractivity contribution in [3.8, 4) is 0 Å². The molecular weight excluding hydrogens is 186 g/mol.